The van der Waals surface area contributed by atoms with Crippen LogP contribution in [0.2, 0.25) is 0 Å². The van der Waals surface area contributed by atoms with Gasteiger partial charge in [-0.3, -0.25) is 24.4 Å². The lowest BCUT2D eigenvalue weighted by atomic mass is 10.2. The maximum atomic E-state index is 11.9. The first kappa shape index (κ1) is 55.2. The molecule has 0 aliphatic heterocycles. The van der Waals surface area contributed by atoms with Gasteiger partial charge in [0.05, 0.1) is 14.2 Å². The molecule has 0 saturated heterocycles. The summed E-state index contributed by atoms with van der Waals surface area (Å²) in [6.07, 6.45) is 18.1. The third-order valence-corrected chi connectivity index (χ3v) is 8.77. The van der Waals surface area contributed by atoms with Crippen LogP contribution in [0.3, 0.4) is 0 Å². The number of nitrogens with two attached hydrogens (primary N) is 1. The highest BCUT2D eigenvalue weighted by Crippen LogP contribution is 2.14. The van der Waals surface area contributed by atoms with Gasteiger partial charge in [0.15, 0.2) is 0 Å². The van der Waals surface area contributed by atoms with Crippen molar-refractivity contribution in [3.63, 3.8) is 0 Å². The second-order valence-electron chi connectivity index (χ2n) is 14.0. The normalized spacial score (nSPS) is 10.6. The molecule has 6 rings (SSSR count). The lowest BCUT2D eigenvalue weighted by Crippen LogP contribution is -2.14. The molecule has 13 nitrogen and oxygen atoms in total. The zero-order valence-electron chi connectivity index (χ0n) is 38.2. The molecule has 6 aromatic carbocycles. The second-order valence-corrected chi connectivity index (χ2v) is 14.3. The van der Waals surface area contributed by atoms with Crippen molar-refractivity contribution in [1.29, 1.82) is 0 Å². The van der Waals surface area contributed by atoms with E-state index in [9.17, 15) is 28.8 Å². The summed E-state index contributed by atoms with van der Waals surface area (Å²) in [4.78, 5) is 66.9. The molecule has 0 fully saturated rings. The number of nitrogen functional groups attached to an aromatic ring is 1. The number of nitrogens with one attached hydrogen (secondary N) is 3. The lowest BCUT2D eigenvalue weighted by molar-refractivity contribution is -0.135. The monoisotopic (exact) mass is 958 g/mol. The first-order chi connectivity index (χ1) is 33.8. The number of hydrogen-bond donors (Lipinski definition) is 5. The fourth-order valence-electron chi connectivity index (χ4n) is 5.34. The van der Waals surface area contributed by atoms with E-state index < -0.39 is 17.1 Å². The van der Waals surface area contributed by atoms with Crippen molar-refractivity contribution in [2.75, 3.05) is 30.6 Å². The van der Waals surface area contributed by atoms with Gasteiger partial charge in [0.1, 0.15) is 0 Å². The van der Waals surface area contributed by atoms with E-state index in [0.29, 0.717) is 17.1 Å². The summed E-state index contributed by atoms with van der Waals surface area (Å²) in [6.45, 7) is 0. The minimum atomic E-state index is -0.620. The number of carbonyl (C=O) groups is 6. The Morgan fingerprint density at radius 1 is 0.429 bits per heavy atom. The highest BCUT2D eigenvalue weighted by molar-refractivity contribution is 6.66. The second kappa shape index (κ2) is 32.5. The Morgan fingerprint density at radius 3 is 1.13 bits per heavy atom. The number of halogens is 1. The van der Waals surface area contributed by atoms with Gasteiger partial charge in [0, 0.05) is 47.4 Å². The molecule has 0 aliphatic rings. The Hall–Kier alpha value is -9.17. The van der Waals surface area contributed by atoms with Crippen LogP contribution in [0.5, 0.6) is 0 Å². The van der Waals surface area contributed by atoms with E-state index in [2.05, 4.69) is 20.1 Å². The van der Waals surface area contributed by atoms with Gasteiger partial charge in [-0.05, 0) is 118 Å². The molecule has 0 radical (unpaired) electrons. The molecule has 0 spiro atoms. The standard InChI is InChI=1S/C19H17NO3.C18H16N2O3.C10H11NO2.C9H7ClO/c1-23-19(22)13-11-16-8-5-9-17(14-16)20-18(21)12-10-15-6-3-2-4-7-15;21-17(11-9-14-5-2-1-3-6-14)19-16-8-4-7-15(13-16)10-12-18(22)20-23;1-13-10(12)6-5-8-3-2-4-9(11)7-8;10-9(11)7-6-8-4-2-1-3-5-8/h2-14H,1H3,(H,20,21);1-13,23H,(H,19,21)(H,20,22);2-7H,11H2,1H3;1-7H/b12-10+,13-11+;11-9+,12-10+;6-5+;7-6+. The summed E-state index contributed by atoms with van der Waals surface area (Å²) in [7, 11) is 2.66. The van der Waals surface area contributed by atoms with Gasteiger partial charge in [0.25, 0.3) is 5.91 Å². The Kier molecular flexibility index (Phi) is 25.6. The van der Waals surface area contributed by atoms with Crippen LogP contribution >= 0.6 is 11.6 Å². The van der Waals surface area contributed by atoms with Crippen molar-refractivity contribution in [1.82, 2.24) is 5.48 Å². The number of amides is 3. The van der Waals surface area contributed by atoms with Gasteiger partial charge < -0.3 is 25.8 Å². The highest BCUT2D eigenvalue weighted by Gasteiger charge is 2.01. The summed E-state index contributed by atoms with van der Waals surface area (Å²) in [5.41, 5.74) is 14.3. The molecular formula is C56H51ClN4O9. The van der Waals surface area contributed by atoms with Crippen LogP contribution in [-0.2, 0) is 38.2 Å². The van der Waals surface area contributed by atoms with Gasteiger partial charge >= 0.3 is 11.9 Å². The maximum absolute atomic E-state index is 11.9. The van der Waals surface area contributed by atoms with Gasteiger partial charge in [-0.2, -0.15) is 0 Å². The molecule has 0 heterocycles. The number of benzene rings is 6. The number of methoxy groups -OCH3 is 2. The maximum Gasteiger partial charge on any atom is 0.330 e. The van der Waals surface area contributed by atoms with Crippen molar-refractivity contribution in [2.45, 2.75) is 0 Å². The largest absolute Gasteiger partial charge is 0.466 e. The molecular weight excluding hydrogens is 908 g/mol. The molecule has 70 heavy (non-hydrogen) atoms. The topological polar surface area (TPSA) is 203 Å². The molecule has 6 N–H and O–H groups in total. The van der Waals surface area contributed by atoms with Crippen molar-refractivity contribution in [3.8, 4) is 0 Å². The molecule has 0 atom stereocenters. The van der Waals surface area contributed by atoms with E-state index in [1.165, 1.54) is 62.2 Å². The van der Waals surface area contributed by atoms with Crippen LogP contribution in [0, 0.1) is 0 Å². The molecule has 0 aromatic heterocycles. The van der Waals surface area contributed by atoms with Crippen molar-refractivity contribution in [2.24, 2.45) is 0 Å². The zero-order valence-corrected chi connectivity index (χ0v) is 38.9. The first-order valence-corrected chi connectivity index (χ1v) is 21.4. The minimum absolute atomic E-state index is 0.219. The van der Waals surface area contributed by atoms with Crippen LogP contribution in [0.25, 0.3) is 36.5 Å². The number of ether oxygens (including phenoxy) is 2. The first-order valence-electron chi connectivity index (χ1n) is 21.1. The van der Waals surface area contributed by atoms with Gasteiger partial charge in [-0.15, -0.1) is 0 Å². The van der Waals surface area contributed by atoms with E-state index in [-0.39, 0.29) is 17.8 Å². The van der Waals surface area contributed by atoms with Gasteiger partial charge in [-0.1, -0.05) is 133 Å². The Balaban J connectivity index is 0.000000258. The Bertz CT molecular complexity index is 2680. The number of hydroxylamine groups is 1. The summed E-state index contributed by atoms with van der Waals surface area (Å²) < 4.78 is 8.98. The van der Waals surface area contributed by atoms with E-state index >= 15 is 0 Å². The summed E-state index contributed by atoms with van der Waals surface area (Å²) >= 11 is 5.10. The number of rotatable bonds is 14. The smallest absolute Gasteiger partial charge is 0.330 e. The van der Waals surface area contributed by atoms with E-state index in [1.807, 2.05) is 109 Å². The van der Waals surface area contributed by atoms with E-state index in [4.69, 9.17) is 22.5 Å². The molecule has 0 unspecified atom stereocenters. The van der Waals surface area contributed by atoms with Crippen LogP contribution in [0.4, 0.5) is 17.1 Å². The number of allylic oxidation sites excluding steroid dienone is 1. The number of hydrogen-bond acceptors (Lipinski definition) is 10. The highest BCUT2D eigenvalue weighted by atomic mass is 35.5. The average Bonchev–Trinajstić information content (AvgIpc) is 3.38. The van der Waals surface area contributed by atoms with Crippen molar-refractivity contribution >= 4 is 100 Å². The van der Waals surface area contributed by atoms with Crippen LogP contribution in [0.1, 0.15) is 33.4 Å². The van der Waals surface area contributed by atoms with E-state index in [1.54, 1.807) is 85.0 Å². The van der Waals surface area contributed by atoms with Gasteiger partial charge in [0.2, 0.25) is 17.1 Å². The van der Waals surface area contributed by atoms with Crippen LogP contribution in [-0.4, -0.2) is 54.3 Å². The molecule has 3 amide bonds. The molecule has 356 valence electrons. The summed E-state index contributed by atoms with van der Waals surface area (Å²) in [5, 5.41) is 13.5. The third kappa shape index (κ3) is 24.9. The molecule has 0 saturated carbocycles. The molecule has 0 bridgehead atoms. The summed E-state index contributed by atoms with van der Waals surface area (Å²) in [5.74, 6) is -1.89. The van der Waals surface area contributed by atoms with E-state index in [0.717, 1.165) is 33.4 Å². The Labute approximate surface area is 411 Å². The summed E-state index contributed by atoms with van der Waals surface area (Å²) in [6, 6.07) is 50.0. The van der Waals surface area contributed by atoms with Gasteiger partial charge in [-0.25, -0.2) is 15.1 Å². The quantitative estimate of drug-likeness (QED) is 0.0175. The van der Waals surface area contributed by atoms with Crippen LogP contribution in [0.15, 0.2) is 200 Å². The third-order valence-electron chi connectivity index (χ3n) is 8.64. The molecule has 14 heteroatoms. The van der Waals surface area contributed by atoms with Crippen molar-refractivity contribution in [3.05, 3.63) is 234 Å². The van der Waals surface area contributed by atoms with Crippen molar-refractivity contribution < 1.29 is 43.4 Å². The molecule has 6 aromatic rings. The average molecular weight is 959 g/mol. The minimum Gasteiger partial charge on any atom is -0.466 e. The van der Waals surface area contributed by atoms with Crippen LogP contribution < -0.4 is 21.8 Å². The Morgan fingerprint density at radius 2 is 0.757 bits per heavy atom. The predicted octanol–water partition coefficient (Wildman–Crippen LogP) is 10.3. The fraction of sp³-hybridized carbons (Fsp3) is 0.0357. The molecule has 0 aliphatic carbocycles. The number of carbonyl (C=O) groups excluding carboxylic acids is 6. The fourth-order valence-corrected chi connectivity index (χ4v) is 5.41. The zero-order chi connectivity index (χ0) is 50.8. The SMILES string of the molecule is COC(=O)/C=C/c1cccc(N)c1.COC(=O)/C=C/c1cccc(NC(=O)/C=C/c2ccccc2)c1.O=C(/C=C/c1cccc(NC(=O)/C=C/c2ccccc2)c1)NO.O=C(Cl)/C=C/c1ccccc1. The predicted molar refractivity (Wildman–Crippen MR) is 279 cm³/mol. The number of anilines is 3. The number of esters is 2. The lowest BCUT2D eigenvalue weighted by Gasteiger charge is -2.03.